The van der Waals surface area contributed by atoms with Crippen molar-refractivity contribution in [3.05, 3.63) is 49.1 Å². The van der Waals surface area contributed by atoms with Crippen molar-refractivity contribution in [2.45, 2.75) is 6.61 Å². The highest BCUT2D eigenvalue weighted by Gasteiger charge is 2.00. The monoisotopic (exact) mass is 244 g/mol. The number of nitrogens with zero attached hydrogens (tertiary/aromatic N) is 2. The molecular weight excluding hydrogens is 232 g/mol. The molecule has 0 aliphatic rings. The smallest absolute Gasteiger partial charge is 0.247 e. The van der Waals surface area contributed by atoms with Crippen molar-refractivity contribution < 1.29 is 9.53 Å². The van der Waals surface area contributed by atoms with Gasteiger partial charge in [-0.2, -0.15) is 5.10 Å². The van der Waals surface area contributed by atoms with Crippen LogP contribution < -0.4 is 10.1 Å². The number of amides is 1. The molecule has 0 aliphatic carbocycles. The van der Waals surface area contributed by atoms with Gasteiger partial charge in [-0.05, 0) is 30.3 Å². The van der Waals surface area contributed by atoms with Crippen LogP contribution in [0.4, 0.5) is 5.69 Å². The van der Waals surface area contributed by atoms with E-state index in [1.165, 1.54) is 12.4 Å². The largest absolute Gasteiger partial charge is 0.486 e. The van der Waals surface area contributed by atoms with E-state index < -0.39 is 0 Å². The maximum absolute atomic E-state index is 11.1. The number of hydrogen-bond acceptors (Lipinski definition) is 4. The first-order chi connectivity index (χ1) is 8.78. The summed E-state index contributed by atoms with van der Waals surface area (Å²) in [7, 11) is 0. The summed E-state index contributed by atoms with van der Waals surface area (Å²) < 4.78 is 5.47. The summed E-state index contributed by atoms with van der Waals surface area (Å²) in [6.45, 7) is 3.70. The zero-order chi connectivity index (χ0) is 12.8. The van der Waals surface area contributed by atoms with Gasteiger partial charge in [0, 0.05) is 5.69 Å². The predicted octanol–water partition coefficient (Wildman–Crippen LogP) is 1.51. The van der Waals surface area contributed by atoms with Crippen molar-refractivity contribution in [2.75, 3.05) is 5.32 Å². The van der Waals surface area contributed by atoms with Crippen LogP contribution in [0.25, 0.3) is 0 Å². The van der Waals surface area contributed by atoms with E-state index in [-0.39, 0.29) is 5.91 Å². The molecule has 0 aliphatic heterocycles. The van der Waals surface area contributed by atoms with Gasteiger partial charge < -0.3 is 10.1 Å². The van der Waals surface area contributed by atoms with E-state index in [1.807, 2.05) is 0 Å². The molecule has 18 heavy (non-hydrogen) atoms. The lowest BCUT2D eigenvalue weighted by atomic mass is 10.3. The van der Waals surface area contributed by atoms with Crippen LogP contribution in [-0.4, -0.2) is 21.1 Å². The number of carbonyl (C=O) groups is 1. The third-order valence-corrected chi connectivity index (χ3v) is 2.15. The first kappa shape index (κ1) is 11.8. The van der Waals surface area contributed by atoms with E-state index in [0.717, 1.165) is 0 Å². The third-order valence-electron chi connectivity index (χ3n) is 2.15. The SMILES string of the molecule is C=CC(=O)Nc1ccc(OCc2ncn[nH]2)cc1. The zero-order valence-corrected chi connectivity index (χ0v) is 9.59. The highest BCUT2D eigenvalue weighted by molar-refractivity contribution is 5.98. The summed E-state index contributed by atoms with van der Waals surface area (Å²) in [6, 6.07) is 7.01. The second-order valence-electron chi connectivity index (χ2n) is 3.44. The van der Waals surface area contributed by atoms with Crippen LogP contribution in [0.1, 0.15) is 5.82 Å². The van der Waals surface area contributed by atoms with Crippen LogP contribution in [0, 0.1) is 0 Å². The first-order valence-electron chi connectivity index (χ1n) is 5.28. The molecule has 2 aromatic rings. The van der Waals surface area contributed by atoms with Gasteiger partial charge in [-0.1, -0.05) is 6.58 Å². The fourth-order valence-corrected chi connectivity index (χ4v) is 1.28. The van der Waals surface area contributed by atoms with Gasteiger partial charge in [-0.15, -0.1) is 0 Å². The predicted molar refractivity (Wildman–Crippen MR) is 66.0 cm³/mol. The van der Waals surface area contributed by atoms with Gasteiger partial charge in [0.25, 0.3) is 0 Å². The maximum Gasteiger partial charge on any atom is 0.247 e. The molecular formula is C12H12N4O2. The van der Waals surface area contributed by atoms with Crippen molar-refractivity contribution in [3.63, 3.8) is 0 Å². The number of benzene rings is 1. The highest BCUT2D eigenvalue weighted by atomic mass is 16.5. The molecule has 0 spiro atoms. The van der Waals surface area contributed by atoms with Gasteiger partial charge in [0.2, 0.25) is 5.91 Å². The maximum atomic E-state index is 11.1. The number of carbonyl (C=O) groups excluding carboxylic acids is 1. The van der Waals surface area contributed by atoms with Gasteiger partial charge in [0.15, 0.2) is 5.82 Å². The average Bonchev–Trinajstić information content (AvgIpc) is 2.91. The normalized spacial score (nSPS) is 9.78. The van der Waals surface area contributed by atoms with Crippen molar-refractivity contribution >= 4 is 11.6 Å². The van der Waals surface area contributed by atoms with E-state index in [4.69, 9.17) is 4.74 Å². The average molecular weight is 244 g/mol. The Kier molecular flexibility index (Phi) is 3.70. The number of hydrogen-bond donors (Lipinski definition) is 2. The number of nitrogens with one attached hydrogen (secondary N) is 2. The number of aromatic nitrogens is 3. The van der Waals surface area contributed by atoms with Crippen LogP contribution in [0.15, 0.2) is 43.2 Å². The molecule has 1 heterocycles. The van der Waals surface area contributed by atoms with E-state index in [9.17, 15) is 4.79 Å². The summed E-state index contributed by atoms with van der Waals surface area (Å²) in [5.41, 5.74) is 0.687. The molecule has 2 rings (SSSR count). The summed E-state index contributed by atoms with van der Waals surface area (Å²) in [4.78, 5) is 15.0. The van der Waals surface area contributed by atoms with Crippen molar-refractivity contribution in [2.24, 2.45) is 0 Å². The Morgan fingerprint density at radius 1 is 1.44 bits per heavy atom. The van der Waals surface area contributed by atoms with Gasteiger partial charge in [0.05, 0.1) is 0 Å². The Morgan fingerprint density at radius 2 is 2.22 bits per heavy atom. The van der Waals surface area contributed by atoms with E-state index in [2.05, 4.69) is 27.1 Å². The molecule has 2 N–H and O–H groups in total. The van der Waals surface area contributed by atoms with Crippen LogP contribution in [0.3, 0.4) is 0 Å². The Labute approximate surface area is 104 Å². The molecule has 0 bridgehead atoms. The fourth-order valence-electron chi connectivity index (χ4n) is 1.28. The molecule has 92 valence electrons. The van der Waals surface area contributed by atoms with E-state index in [0.29, 0.717) is 23.9 Å². The molecule has 0 fully saturated rings. The molecule has 1 aromatic carbocycles. The van der Waals surface area contributed by atoms with Crippen molar-refractivity contribution in [1.29, 1.82) is 0 Å². The standard InChI is InChI=1S/C12H12N4O2/c1-2-12(17)15-9-3-5-10(6-4-9)18-7-11-13-8-14-16-11/h2-6,8H,1,7H2,(H,15,17)(H,13,14,16). The van der Waals surface area contributed by atoms with Gasteiger partial charge in [-0.3, -0.25) is 9.89 Å². The zero-order valence-electron chi connectivity index (χ0n) is 9.59. The van der Waals surface area contributed by atoms with Gasteiger partial charge in [0.1, 0.15) is 18.7 Å². The minimum Gasteiger partial charge on any atom is -0.486 e. The second kappa shape index (κ2) is 5.62. The van der Waals surface area contributed by atoms with Crippen LogP contribution in [0.5, 0.6) is 5.75 Å². The van der Waals surface area contributed by atoms with Gasteiger partial charge >= 0.3 is 0 Å². The lowest BCUT2D eigenvalue weighted by molar-refractivity contribution is -0.111. The molecule has 0 saturated heterocycles. The molecule has 0 atom stereocenters. The summed E-state index contributed by atoms with van der Waals surface area (Å²) in [6.07, 6.45) is 2.64. The quantitative estimate of drug-likeness (QED) is 0.781. The molecule has 0 saturated carbocycles. The van der Waals surface area contributed by atoms with Crippen LogP contribution in [-0.2, 0) is 11.4 Å². The fraction of sp³-hybridized carbons (Fsp3) is 0.0833. The second-order valence-corrected chi connectivity index (χ2v) is 3.44. The Bertz CT molecular complexity index is 520. The van der Waals surface area contributed by atoms with Crippen LogP contribution >= 0.6 is 0 Å². The lowest BCUT2D eigenvalue weighted by Crippen LogP contribution is -2.07. The summed E-state index contributed by atoms with van der Waals surface area (Å²) in [5, 5.41) is 9.06. The van der Waals surface area contributed by atoms with E-state index in [1.54, 1.807) is 24.3 Å². The Hall–Kier alpha value is -2.63. The topological polar surface area (TPSA) is 79.9 Å². The number of anilines is 1. The minimum absolute atomic E-state index is 0.245. The Morgan fingerprint density at radius 3 is 2.83 bits per heavy atom. The molecule has 6 heteroatoms. The molecule has 1 amide bonds. The number of rotatable bonds is 5. The van der Waals surface area contributed by atoms with Crippen LogP contribution in [0.2, 0.25) is 0 Å². The molecule has 1 aromatic heterocycles. The molecule has 6 nitrogen and oxygen atoms in total. The summed E-state index contributed by atoms with van der Waals surface area (Å²) >= 11 is 0. The minimum atomic E-state index is -0.245. The van der Waals surface area contributed by atoms with Crippen molar-refractivity contribution in [3.8, 4) is 5.75 Å². The van der Waals surface area contributed by atoms with Crippen molar-refractivity contribution in [1.82, 2.24) is 15.2 Å². The Balaban J connectivity index is 1.91. The summed E-state index contributed by atoms with van der Waals surface area (Å²) in [5.74, 6) is 1.09. The van der Waals surface area contributed by atoms with Gasteiger partial charge in [-0.25, -0.2) is 4.98 Å². The number of H-pyrrole nitrogens is 1. The number of aromatic amines is 1. The number of ether oxygens (including phenoxy) is 1. The molecule has 0 radical (unpaired) electrons. The third kappa shape index (κ3) is 3.18. The van der Waals surface area contributed by atoms with E-state index >= 15 is 0 Å². The lowest BCUT2D eigenvalue weighted by Gasteiger charge is -2.06. The first-order valence-corrected chi connectivity index (χ1v) is 5.28. The highest BCUT2D eigenvalue weighted by Crippen LogP contribution is 2.16. The molecule has 0 unspecified atom stereocenters.